The van der Waals surface area contributed by atoms with E-state index in [1.807, 2.05) is 0 Å². The fourth-order valence-corrected chi connectivity index (χ4v) is 2.77. The number of furan rings is 1. The van der Waals surface area contributed by atoms with Crippen molar-refractivity contribution < 1.29 is 36.7 Å². The largest absolute Gasteiger partial charge is 0.456 e. The standard InChI is InChI=1S/C21H16F3NO5/c1-12-15-4-2-3-5-17(15)30-19(12)16(26)11-29-18(27)10-25-20(28)13-6-8-14(9-7-13)21(22,23)24/h2-9H,10-11H2,1H3,(H,25,28). The summed E-state index contributed by atoms with van der Waals surface area (Å²) in [5, 5.41) is 3.00. The Kier molecular flexibility index (Phi) is 5.91. The summed E-state index contributed by atoms with van der Waals surface area (Å²) in [5.74, 6) is -2.08. The van der Waals surface area contributed by atoms with Gasteiger partial charge in [0.25, 0.3) is 5.91 Å². The number of aryl methyl sites for hydroxylation is 1. The van der Waals surface area contributed by atoms with Crippen LogP contribution in [0.2, 0.25) is 0 Å². The third-order valence-electron chi connectivity index (χ3n) is 4.33. The zero-order valence-corrected chi connectivity index (χ0v) is 15.7. The number of hydrogen-bond acceptors (Lipinski definition) is 5. The van der Waals surface area contributed by atoms with Crippen LogP contribution in [0.1, 0.15) is 32.0 Å². The summed E-state index contributed by atoms with van der Waals surface area (Å²) in [6.07, 6.45) is -4.51. The maximum absolute atomic E-state index is 12.5. The minimum Gasteiger partial charge on any atom is -0.456 e. The van der Waals surface area contributed by atoms with Crippen LogP contribution < -0.4 is 5.32 Å². The number of alkyl halides is 3. The Hall–Kier alpha value is -3.62. The van der Waals surface area contributed by atoms with Gasteiger partial charge in [-0.3, -0.25) is 14.4 Å². The fraction of sp³-hybridized carbons (Fsp3) is 0.190. The number of fused-ring (bicyclic) bond motifs is 1. The van der Waals surface area contributed by atoms with Crippen LogP contribution in [0.4, 0.5) is 13.2 Å². The van der Waals surface area contributed by atoms with Crippen LogP contribution in [-0.2, 0) is 15.7 Å². The van der Waals surface area contributed by atoms with Gasteiger partial charge in [-0.15, -0.1) is 0 Å². The first-order valence-corrected chi connectivity index (χ1v) is 8.79. The van der Waals surface area contributed by atoms with Crippen LogP contribution in [0.5, 0.6) is 0 Å². The predicted octanol–water partition coefficient (Wildman–Crippen LogP) is 3.92. The SMILES string of the molecule is Cc1c(C(=O)COC(=O)CNC(=O)c2ccc(C(F)(F)F)cc2)oc2ccccc12. The van der Waals surface area contributed by atoms with Gasteiger partial charge in [-0.1, -0.05) is 18.2 Å². The second-order valence-corrected chi connectivity index (χ2v) is 6.39. The maximum Gasteiger partial charge on any atom is 0.416 e. The quantitative estimate of drug-likeness (QED) is 0.484. The number of rotatable bonds is 6. The Morgan fingerprint density at radius 2 is 1.70 bits per heavy atom. The van der Waals surface area contributed by atoms with Gasteiger partial charge in [-0.25, -0.2) is 0 Å². The molecule has 0 aliphatic rings. The minimum absolute atomic E-state index is 0.0511. The molecule has 0 atom stereocenters. The van der Waals surface area contributed by atoms with Crippen LogP contribution in [-0.4, -0.2) is 30.8 Å². The Bertz CT molecular complexity index is 1100. The molecule has 30 heavy (non-hydrogen) atoms. The molecular formula is C21H16F3NO5. The number of ether oxygens (including phenoxy) is 1. The number of carbonyl (C=O) groups excluding carboxylic acids is 3. The van der Waals surface area contributed by atoms with Crippen molar-refractivity contribution in [2.24, 2.45) is 0 Å². The molecule has 1 aromatic heterocycles. The van der Waals surface area contributed by atoms with Crippen LogP contribution in [0.3, 0.4) is 0 Å². The normalized spacial score (nSPS) is 11.3. The number of para-hydroxylation sites is 1. The molecule has 1 N–H and O–H groups in total. The van der Waals surface area contributed by atoms with E-state index in [4.69, 9.17) is 9.15 Å². The number of esters is 1. The summed E-state index contributed by atoms with van der Waals surface area (Å²) in [4.78, 5) is 36.0. The van der Waals surface area contributed by atoms with Crippen molar-refractivity contribution in [2.75, 3.05) is 13.2 Å². The lowest BCUT2D eigenvalue weighted by Crippen LogP contribution is -2.31. The molecule has 3 aromatic rings. The van der Waals surface area contributed by atoms with Crippen molar-refractivity contribution in [3.8, 4) is 0 Å². The first-order valence-electron chi connectivity index (χ1n) is 8.79. The highest BCUT2D eigenvalue weighted by atomic mass is 19.4. The topological polar surface area (TPSA) is 85.6 Å². The van der Waals surface area contributed by atoms with E-state index >= 15 is 0 Å². The lowest BCUT2D eigenvalue weighted by molar-refractivity contribution is -0.141. The summed E-state index contributed by atoms with van der Waals surface area (Å²) in [6, 6.07) is 10.6. The Balaban J connectivity index is 1.51. The van der Waals surface area contributed by atoms with E-state index in [-0.39, 0.29) is 11.3 Å². The van der Waals surface area contributed by atoms with Gasteiger partial charge in [0.2, 0.25) is 5.78 Å². The average Bonchev–Trinajstić information content (AvgIpc) is 3.06. The van der Waals surface area contributed by atoms with Crippen molar-refractivity contribution >= 4 is 28.6 Å². The summed E-state index contributed by atoms with van der Waals surface area (Å²) in [6.45, 7) is 0.590. The Morgan fingerprint density at radius 1 is 1.03 bits per heavy atom. The van der Waals surface area contributed by atoms with E-state index in [2.05, 4.69) is 5.32 Å². The van der Waals surface area contributed by atoms with Crippen molar-refractivity contribution in [1.82, 2.24) is 5.32 Å². The lowest BCUT2D eigenvalue weighted by Gasteiger charge is -2.08. The van der Waals surface area contributed by atoms with E-state index in [1.165, 1.54) is 0 Å². The molecule has 0 radical (unpaired) electrons. The van der Waals surface area contributed by atoms with Gasteiger partial charge in [-0.2, -0.15) is 13.2 Å². The van der Waals surface area contributed by atoms with E-state index < -0.39 is 42.6 Å². The predicted molar refractivity (Wildman–Crippen MR) is 100 cm³/mol. The third kappa shape index (κ3) is 4.68. The smallest absolute Gasteiger partial charge is 0.416 e. The van der Waals surface area contributed by atoms with Gasteiger partial charge in [0.1, 0.15) is 12.1 Å². The first-order chi connectivity index (χ1) is 14.2. The molecule has 0 aliphatic carbocycles. The summed E-state index contributed by atoms with van der Waals surface area (Å²) in [5.41, 5.74) is 0.221. The maximum atomic E-state index is 12.5. The number of ketones is 1. The molecule has 0 unspecified atom stereocenters. The molecule has 0 spiro atoms. The Morgan fingerprint density at radius 3 is 2.33 bits per heavy atom. The van der Waals surface area contributed by atoms with Gasteiger partial charge < -0.3 is 14.5 Å². The van der Waals surface area contributed by atoms with E-state index in [1.54, 1.807) is 31.2 Å². The molecular weight excluding hydrogens is 403 g/mol. The zero-order valence-electron chi connectivity index (χ0n) is 15.7. The Labute approximate surface area is 168 Å². The number of hydrogen-bond donors (Lipinski definition) is 1. The number of amides is 1. The van der Waals surface area contributed by atoms with Gasteiger partial charge in [0, 0.05) is 16.5 Å². The molecule has 1 heterocycles. The van der Waals surface area contributed by atoms with Crippen LogP contribution in [0.25, 0.3) is 11.0 Å². The molecule has 6 nitrogen and oxygen atoms in total. The van der Waals surface area contributed by atoms with Gasteiger partial charge >= 0.3 is 12.1 Å². The molecule has 0 saturated carbocycles. The molecule has 0 saturated heterocycles. The number of halogens is 3. The molecule has 0 bridgehead atoms. The average molecular weight is 419 g/mol. The van der Waals surface area contributed by atoms with Crippen LogP contribution >= 0.6 is 0 Å². The van der Waals surface area contributed by atoms with Crippen molar-refractivity contribution in [3.05, 3.63) is 71.0 Å². The molecule has 0 fully saturated rings. The zero-order chi connectivity index (χ0) is 21.9. The molecule has 156 valence electrons. The third-order valence-corrected chi connectivity index (χ3v) is 4.33. The van der Waals surface area contributed by atoms with Crippen molar-refractivity contribution in [1.29, 1.82) is 0 Å². The minimum atomic E-state index is -4.51. The highest BCUT2D eigenvalue weighted by Crippen LogP contribution is 2.29. The number of benzene rings is 2. The molecule has 2 aromatic carbocycles. The highest BCUT2D eigenvalue weighted by molar-refractivity contribution is 6.01. The fourth-order valence-electron chi connectivity index (χ4n) is 2.77. The second-order valence-electron chi connectivity index (χ2n) is 6.39. The van der Waals surface area contributed by atoms with Crippen LogP contribution in [0, 0.1) is 6.92 Å². The summed E-state index contributed by atoms with van der Waals surface area (Å²) >= 11 is 0. The number of Topliss-reactive ketones (excluding diaryl/α,β-unsaturated/α-hetero) is 1. The lowest BCUT2D eigenvalue weighted by atomic mass is 10.1. The van der Waals surface area contributed by atoms with E-state index in [0.29, 0.717) is 11.1 Å². The van der Waals surface area contributed by atoms with Crippen LogP contribution in [0.15, 0.2) is 52.9 Å². The summed E-state index contributed by atoms with van der Waals surface area (Å²) < 4.78 is 47.9. The van der Waals surface area contributed by atoms with Crippen molar-refractivity contribution in [2.45, 2.75) is 13.1 Å². The van der Waals surface area contributed by atoms with Crippen molar-refractivity contribution in [3.63, 3.8) is 0 Å². The van der Waals surface area contributed by atoms with Gasteiger partial charge in [0.05, 0.1) is 5.56 Å². The molecule has 0 aliphatic heterocycles. The van der Waals surface area contributed by atoms with E-state index in [9.17, 15) is 27.6 Å². The van der Waals surface area contributed by atoms with Gasteiger partial charge in [0.15, 0.2) is 12.4 Å². The molecule has 1 amide bonds. The van der Waals surface area contributed by atoms with E-state index in [0.717, 1.165) is 29.7 Å². The number of carbonyl (C=O) groups is 3. The molecule has 3 rings (SSSR count). The summed E-state index contributed by atoms with van der Waals surface area (Å²) in [7, 11) is 0. The monoisotopic (exact) mass is 419 g/mol. The first kappa shape index (κ1) is 21.1. The van der Waals surface area contributed by atoms with Gasteiger partial charge in [-0.05, 0) is 37.3 Å². The number of nitrogens with one attached hydrogen (secondary N) is 1. The molecule has 9 heteroatoms. The highest BCUT2D eigenvalue weighted by Gasteiger charge is 2.30. The second kappa shape index (κ2) is 8.40.